The Morgan fingerprint density at radius 2 is 1.79 bits per heavy atom. The SMILES string of the molecule is C/C=C\C1=C(C(=O)OCc2ccc(OC)cc2)N2C(=O)[C@@H](NC(=O)C(NC(=O)OC(C)(C)C)c3ccc(O)cc3)[C@H]2SC1. The molecule has 2 aliphatic heterocycles. The summed E-state index contributed by atoms with van der Waals surface area (Å²) < 4.78 is 16.1. The van der Waals surface area contributed by atoms with Crippen LogP contribution < -0.4 is 15.4 Å². The van der Waals surface area contributed by atoms with Gasteiger partial charge >= 0.3 is 12.1 Å². The first kappa shape index (κ1) is 31.5. The molecule has 3 atom stereocenters. The van der Waals surface area contributed by atoms with Crippen molar-refractivity contribution in [3.05, 3.63) is 83.1 Å². The van der Waals surface area contributed by atoms with Crippen LogP contribution >= 0.6 is 11.8 Å². The van der Waals surface area contributed by atoms with E-state index in [1.807, 2.05) is 6.92 Å². The van der Waals surface area contributed by atoms with Gasteiger partial charge in [0, 0.05) is 5.75 Å². The van der Waals surface area contributed by atoms with E-state index in [-0.39, 0.29) is 18.1 Å². The Hall–Kier alpha value is -4.45. The lowest BCUT2D eigenvalue weighted by Crippen LogP contribution is -2.71. The predicted molar refractivity (Wildman–Crippen MR) is 160 cm³/mol. The average Bonchev–Trinajstić information content (AvgIpc) is 2.97. The molecule has 0 spiro atoms. The van der Waals surface area contributed by atoms with Gasteiger partial charge in [0.1, 0.15) is 46.9 Å². The van der Waals surface area contributed by atoms with Crippen LogP contribution in [0.3, 0.4) is 0 Å². The van der Waals surface area contributed by atoms with Gasteiger partial charge in [-0.2, -0.15) is 0 Å². The molecule has 3 N–H and O–H groups in total. The monoisotopic (exact) mass is 609 g/mol. The number of fused-ring (bicyclic) bond motifs is 1. The standard InChI is InChI=1S/C31H35N3O8S/c1-6-7-20-17-43-28-24(27(37)34(28)25(20)29(38)41-16-18-8-14-22(40-5)15-9-18)32-26(36)23(19-10-12-21(35)13-11-19)33-30(39)42-31(2,3)4/h6-15,23-24,28,35H,16-17H2,1-5H3,(H,32,36)(H,33,39)/b7-6-/t23?,24-,28-/m1/s1. The van der Waals surface area contributed by atoms with E-state index in [4.69, 9.17) is 14.2 Å². The zero-order chi connectivity index (χ0) is 31.3. The molecule has 1 saturated heterocycles. The highest BCUT2D eigenvalue weighted by Crippen LogP contribution is 2.41. The van der Waals surface area contributed by atoms with E-state index in [0.29, 0.717) is 22.6 Å². The lowest BCUT2D eigenvalue weighted by molar-refractivity contribution is -0.153. The minimum Gasteiger partial charge on any atom is -0.508 e. The lowest BCUT2D eigenvalue weighted by Gasteiger charge is -2.49. The van der Waals surface area contributed by atoms with Gasteiger partial charge in [-0.15, -0.1) is 11.8 Å². The van der Waals surface area contributed by atoms with Gasteiger partial charge in [-0.3, -0.25) is 14.5 Å². The van der Waals surface area contributed by atoms with Gasteiger partial charge in [0.15, 0.2) is 0 Å². The number of amides is 3. The molecule has 3 amide bonds. The fourth-order valence-electron chi connectivity index (χ4n) is 4.53. The Balaban J connectivity index is 1.50. The Morgan fingerprint density at radius 3 is 2.40 bits per heavy atom. The Kier molecular flexibility index (Phi) is 9.70. The largest absolute Gasteiger partial charge is 0.508 e. The number of nitrogens with zero attached hydrogens (tertiary/aromatic N) is 1. The molecule has 2 heterocycles. The van der Waals surface area contributed by atoms with Gasteiger partial charge in [0.05, 0.1) is 7.11 Å². The molecule has 2 aliphatic rings. The quantitative estimate of drug-likeness (QED) is 0.285. The topological polar surface area (TPSA) is 144 Å². The van der Waals surface area contributed by atoms with Gasteiger partial charge < -0.3 is 30.0 Å². The molecule has 1 unspecified atom stereocenters. The van der Waals surface area contributed by atoms with Crippen LogP contribution in [0.5, 0.6) is 11.5 Å². The number of methoxy groups -OCH3 is 1. The zero-order valence-electron chi connectivity index (χ0n) is 24.6. The minimum absolute atomic E-state index is 0.0000953. The predicted octanol–water partition coefficient (Wildman–Crippen LogP) is 3.94. The molecular formula is C31H35N3O8S. The number of thioether (sulfide) groups is 1. The number of alkyl carbamates (subject to hydrolysis) is 1. The number of β-lactam (4-membered cyclic amide) rings is 1. The van der Waals surface area contributed by atoms with Crippen LogP contribution in [-0.2, 0) is 30.5 Å². The molecule has 0 saturated carbocycles. The van der Waals surface area contributed by atoms with E-state index in [0.717, 1.165) is 5.56 Å². The smallest absolute Gasteiger partial charge is 0.408 e. The first-order chi connectivity index (χ1) is 20.4. The lowest BCUT2D eigenvalue weighted by atomic mass is 10.0. The number of hydrogen-bond acceptors (Lipinski definition) is 9. The number of phenolic OH excluding ortho intramolecular Hbond substituents is 1. The number of phenols is 1. The van der Waals surface area contributed by atoms with Crippen LogP contribution in [0.1, 0.15) is 44.9 Å². The summed E-state index contributed by atoms with van der Waals surface area (Å²) in [7, 11) is 1.56. The summed E-state index contributed by atoms with van der Waals surface area (Å²) in [5, 5.41) is 14.4. The van der Waals surface area contributed by atoms with E-state index in [2.05, 4.69) is 10.6 Å². The summed E-state index contributed by atoms with van der Waals surface area (Å²) in [6, 6.07) is 10.7. The summed E-state index contributed by atoms with van der Waals surface area (Å²) in [4.78, 5) is 54.1. The normalized spacial score (nSPS) is 18.8. The number of carbonyl (C=O) groups is 4. The van der Waals surface area contributed by atoms with Gasteiger partial charge in [0.2, 0.25) is 5.91 Å². The number of ether oxygens (including phenoxy) is 3. The fourth-order valence-corrected chi connectivity index (χ4v) is 5.85. The highest BCUT2D eigenvalue weighted by atomic mass is 32.2. The van der Waals surface area contributed by atoms with Crippen LogP contribution in [0.2, 0.25) is 0 Å². The number of benzene rings is 2. The molecule has 0 bridgehead atoms. The number of nitrogens with one attached hydrogen (secondary N) is 2. The van der Waals surface area contributed by atoms with Crippen LogP contribution in [0.15, 0.2) is 72.0 Å². The zero-order valence-corrected chi connectivity index (χ0v) is 25.4. The molecule has 43 heavy (non-hydrogen) atoms. The molecule has 228 valence electrons. The number of aromatic hydroxyl groups is 1. The third kappa shape index (κ3) is 7.50. The number of allylic oxidation sites excluding steroid dienone is 2. The van der Waals surface area contributed by atoms with Crippen molar-refractivity contribution in [3.63, 3.8) is 0 Å². The third-order valence-corrected chi connectivity index (χ3v) is 7.84. The Bertz CT molecular complexity index is 1430. The van der Waals surface area contributed by atoms with Crippen molar-refractivity contribution in [3.8, 4) is 11.5 Å². The van der Waals surface area contributed by atoms with E-state index >= 15 is 0 Å². The summed E-state index contributed by atoms with van der Waals surface area (Å²) in [6.45, 7) is 6.89. The van der Waals surface area contributed by atoms with Crippen molar-refractivity contribution in [1.82, 2.24) is 15.5 Å². The molecule has 2 aromatic carbocycles. The van der Waals surface area contributed by atoms with E-state index in [1.165, 1.54) is 40.9 Å². The van der Waals surface area contributed by atoms with Crippen molar-refractivity contribution in [1.29, 1.82) is 0 Å². The molecule has 0 aromatic heterocycles. The minimum atomic E-state index is -1.21. The third-order valence-electron chi connectivity index (χ3n) is 6.54. The van der Waals surface area contributed by atoms with Crippen LogP contribution in [0.4, 0.5) is 4.79 Å². The second kappa shape index (κ2) is 13.2. The van der Waals surface area contributed by atoms with Crippen molar-refractivity contribution < 1.29 is 38.5 Å². The summed E-state index contributed by atoms with van der Waals surface area (Å²) in [5.41, 5.74) is 1.09. The van der Waals surface area contributed by atoms with Gasteiger partial charge in [-0.25, -0.2) is 9.59 Å². The molecular weight excluding hydrogens is 574 g/mol. The number of carbonyl (C=O) groups excluding carboxylic acids is 4. The maximum absolute atomic E-state index is 13.5. The first-order valence-corrected chi connectivity index (χ1v) is 14.7. The molecule has 2 aromatic rings. The fraction of sp³-hybridized carbons (Fsp3) is 0.355. The molecule has 0 radical (unpaired) electrons. The maximum Gasteiger partial charge on any atom is 0.408 e. The van der Waals surface area contributed by atoms with Gasteiger partial charge in [-0.1, -0.05) is 36.4 Å². The molecule has 1 fully saturated rings. The number of hydrogen-bond donors (Lipinski definition) is 3. The van der Waals surface area contributed by atoms with Gasteiger partial charge in [0.25, 0.3) is 5.91 Å². The van der Waals surface area contributed by atoms with Crippen molar-refractivity contribution >= 4 is 35.6 Å². The van der Waals surface area contributed by atoms with Crippen LogP contribution in [-0.4, -0.2) is 63.8 Å². The molecule has 12 heteroatoms. The van der Waals surface area contributed by atoms with Crippen molar-refractivity contribution in [2.45, 2.75) is 57.4 Å². The van der Waals surface area contributed by atoms with Crippen molar-refractivity contribution in [2.24, 2.45) is 0 Å². The van der Waals surface area contributed by atoms with Gasteiger partial charge in [-0.05, 0) is 68.7 Å². The second-order valence-corrected chi connectivity index (χ2v) is 12.0. The van der Waals surface area contributed by atoms with Crippen LogP contribution in [0, 0.1) is 0 Å². The Labute approximate surface area is 254 Å². The number of esters is 1. The van der Waals surface area contributed by atoms with E-state index in [9.17, 15) is 24.3 Å². The molecule has 0 aliphatic carbocycles. The second-order valence-electron chi connectivity index (χ2n) is 10.9. The van der Waals surface area contributed by atoms with E-state index in [1.54, 1.807) is 64.3 Å². The first-order valence-electron chi connectivity index (χ1n) is 13.6. The highest BCUT2D eigenvalue weighted by molar-refractivity contribution is 8.00. The molecule has 4 rings (SSSR count). The molecule has 11 nitrogen and oxygen atoms in total. The van der Waals surface area contributed by atoms with Crippen molar-refractivity contribution in [2.75, 3.05) is 12.9 Å². The van der Waals surface area contributed by atoms with E-state index < -0.39 is 46.9 Å². The number of rotatable bonds is 9. The average molecular weight is 610 g/mol. The maximum atomic E-state index is 13.5. The highest BCUT2D eigenvalue weighted by Gasteiger charge is 2.54. The Morgan fingerprint density at radius 1 is 1.12 bits per heavy atom. The summed E-state index contributed by atoms with van der Waals surface area (Å²) >= 11 is 1.40. The summed E-state index contributed by atoms with van der Waals surface area (Å²) in [6.07, 6.45) is 2.72. The summed E-state index contributed by atoms with van der Waals surface area (Å²) in [5.74, 6) is -0.712. The van der Waals surface area contributed by atoms with Crippen LogP contribution in [0.25, 0.3) is 0 Å².